The van der Waals surface area contributed by atoms with E-state index < -0.39 is 11.6 Å². The van der Waals surface area contributed by atoms with E-state index in [-0.39, 0.29) is 18.2 Å². The van der Waals surface area contributed by atoms with Crippen molar-refractivity contribution < 1.29 is 8.78 Å². The molecule has 0 saturated carbocycles. The molecule has 1 unspecified atom stereocenters. The molecule has 0 aromatic heterocycles. The first-order valence-electron chi connectivity index (χ1n) is 5.22. The lowest BCUT2D eigenvalue weighted by molar-refractivity contribution is 0.475. The van der Waals surface area contributed by atoms with Crippen molar-refractivity contribution in [1.82, 2.24) is 5.32 Å². The van der Waals surface area contributed by atoms with E-state index in [1.54, 1.807) is 0 Å². The van der Waals surface area contributed by atoms with Gasteiger partial charge in [-0.05, 0) is 18.6 Å². The van der Waals surface area contributed by atoms with Crippen LogP contribution in [0.25, 0.3) is 0 Å². The number of hydrogen-bond donors (Lipinski definition) is 1. The van der Waals surface area contributed by atoms with Crippen LogP contribution in [0.3, 0.4) is 0 Å². The zero-order valence-electron chi connectivity index (χ0n) is 9.13. The first kappa shape index (κ1) is 12.6. The van der Waals surface area contributed by atoms with Gasteiger partial charge in [-0.2, -0.15) is 5.26 Å². The number of nitrogens with zero attached hydrogens (tertiary/aromatic N) is 1. The van der Waals surface area contributed by atoms with Crippen LogP contribution in [0.5, 0.6) is 0 Å². The van der Waals surface area contributed by atoms with Crippen LogP contribution in [0.2, 0.25) is 0 Å². The van der Waals surface area contributed by atoms with Gasteiger partial charge in [0.25, 0.3) is 0 Å². The fourth-order valence-electron chi connectivity index (χ4n) is 1.42. The molecule has 0 bridgehead atoms. The zero-order valence-corrected chi connectivity index (χ0v) is 9.13. The molecule has 0 saturated heterocycles. The molecule has 1 aromatic rings. The SMILES string of the molecule is CCC(CC#N)NCc1c(F)cccc1F. The molecular weight excluding hydrogens is 210 g/mol. The Morgan fingerprint density at radius 2 is 2.00 bits per heavy atom. The van der Waals surface area contributed by atoms with Gasteiger partial charge in [0.2, 0.25) is 0 Å². The van der Waals surface area contributed by atoms with Crippen molar-refractivity contribution in [3.05, 3.63) is 35.4 Å². The Hall–Kier alpha value is -1.47. The van der Waals surface area contributed by atoms with Gasteiger partial charge in [-0.1, -0.05) is 13.0 Å². The van der Waals surface area contributed by atoms with Crippen molar-refractivity contribution in [3.8, 4) is 6.07 Å². The largest absolute Gasteiger partial charge is 0.309 e. The summed E-state index contributed by atoms with van der Waals surface area (Å²) < 4.78 is 26.5. The Balaban J connectivity index is 2.64. The third kappa shape index (κ3) is 3.28. The molecule has 1 N–H and O–H groups in total. The first-order valence-corrected chi connectivity index (χ1v) is 5.22. The second-order valence-corrected chi connectivity index (χ2v) is 3.55. The molecule has 0 spiro atoms. The number of nitriles is 1. The summed E-state index contributed by atoms with van der Waals surface area (Å²) in [6.07, 6.45) is 1.09. The molecule has 0 aliphatic rings. The van der Waals surface area contributed by atoms with Gasteiger partial charge in [-0.15, -0.1) is 0 Å². The topological polar surface area (TPSA) is 35.8 Å². The van der Waals surface area contributed by atoms with Crippen molar-refractivity contribution in [2.24, 2.45) is 0 Å². The monoisotopic (exact) mass is 224 g/mol. The van der Waals surface area contributed by atoms with E-state index in [1.165, 1.54) is 18.2 Å². The van der Waals surface area contributed by atoms with E-state index in [2.05, 4.69) is 5.32 Å². The van der Waals surface area contributed by atoms with E-state index in [1.807, 2.05) is 13.0 Å². The predicted octanol–water partition coefficient (Wildman–Crippen LogP) is 2.75. The van der Waals surface area contributed by atoms with Crippen molar-refractivity contribution in [2.45, 2.75) is 32.4 Å². The van der Waals surface area contributed by atoms with E-state index in [4.69, 9.17) is 5.26 Å². The summed E-state index contributed by atoms with van der Waals surface area (Å²) in [7, 11) is 0. The Morgan fingerprint density at radius 1 is 1.38 bits per heavy atom. The molecule has 0 aliphatic heterocycles. The maximum Gasteiger partial charge on any atom is 0.130 e. The molecule has 2 nitrogen and oxygen atoms in total. The van der Waals surface area contributed by atoms with Crippen LogP contribution in [-0.4, -0.2) is 6.04 Å². The molecule has 1 atom stereocenters. The summed E-state index contributed by atoms with van der Waals surface area (Å²) in [5, 5.41) is 11.5. The van der Waals surface area contributed by atoms with Crippen LogP contribution in [0.1, 0.15) is 25.3 Å². The predicted molar refractivity (Wildman–Crippen MR) is 57.5 cm³/mol. The van der Waals surface area contributed by atoms with Gasteiger partial charge in [0.1, 0.15) is 11.6 Å². The van der Waals surface area contributed by atoms with Gasteiger partial charge >= 0.3 is 0 Å². The summed E-state index contributed by atoms with van der Waals surface area (Å²) in [6, 6.07) is 5.80. The average molecular weight is 224 g/mol. The molecule has 0 radical (unpaired) electrons. The maximum atomic E-state index is 13.2. The summed E-state index contributed by atoms with van der Waals surface area (Å²) in [5.74, 6) is -1.11. The van der Waals surface area contributed by atoms with Gasteiger partial charge < -0.3 is 5.32 Å². The number of hydrogen-bond acceptors (Lipinski definition) is 2. The van der Waals surface area contributed by atoms with Crippen molar-refractivity contribution in [1.29, 1.82) is 5.26 Å². The molecular formula is C12H14F2N2. The molecule has 0 amide bonds. The molecule has 0 fully saturated rings. The molecule has 16 heavy (non-hydrogen) atoms. The Morgan fingerprint density at radius 3 is 2.50 bits per heavy atom. The maximum absolute atomic E-state index is 13.2. The Bertz CT molecular complexity index is 365. The van der Waals surface area contributed by atoms with Crippen LogP contribution in [-0.2, 0) is 6.54 Å². The fraction of sp³-hybridized carbons (Fsp3) is 0.417. The molecule has 4 heteroatoms. The van der Waals surface area contributed by atoms with Crippen LogP contribution in [0.15, 0.2) is 18.2 Å². The summed E-state index contributed by atoms with van der Waals surface area (Å²) >= 11 is 0. The number of halogens is 2. The van der Waals surface area contributed by atoms with E-state index in [9.17, 15) is 8.78 Å². The first-order chi connectivity index (χ1) is 7.69. The van der Waals surface area contributed by atoms with E-state index in [0.29, 0.717) is 6.42 Å². The molecule has 1 aromatic carbocycles. The van der Waals surface area contributed by atoms with Crippen molar-refractivity contribution >= 4 is 0 Å². The van der Waals surface area contributed by atoms with Gasteiger partial charge in [0.15, 0.2) is 0 Å². The van der Waals surface area contributed by atoms with Crippen LogP contribution < -0.4 is 5.32 Å². The number of benzene rings is 1. The van der Waals surface area contributed by atoms with E-state index >= 15 is 0 Å². The van der Waals surface area contributed by atoms with Gasteiger partial charge in [0, 0.05) is 18.2 Å². The molecule has 86 valence electrons. The molecule has 1 rings (SSSR count). The lowest BCUT2D eigenvalue weighted by Crippen LogP contribution is -2.28. The lowest BCUT2D eigenvalue weighted by Gasteiger charge is -2.14. The average Bonchev–Trinajstić information content (AvgIpc) is 2.27. The Labute approximate surface area is 93.9 Å². The smallest absolute Gasteiger partial charge is 0.130 e. The van der Waals surface area contributed by atoms with Crippen molar-refractivity contribution in [3.63, 3.8) is 0 Å². The highest BCUT2D eigenvalue weighted by molar-refractivity contribution is 5.19. The molecule has 0 heterocycles. The standard InChI is InChI=1S/C12H14F2N2/c1-2-9(6-7-15)16-8-10-11(13)4-3-5-12(10)14/h3-5,9,16H,2,6,8H2,1H3. The normalized spacial score (nSPS) is 12.1. The van der Waals surface area contributed by atoms with Gasteiger partial charge in [-0.3, -0.25) is 0 Å². The second-order valence-electron chi connectivity index (χ2n) is 3.55. The number of nitrogens with one attached hydrogen (secondary N) is 1. The highest BCUT2D eigenvalue weighted by atomic mass is 19.1. The minimum Gasteiger partial charge on any atom is -0.309 e. The number of rotatable bonds is 5. The Kier molecular flexibility index (Phi) is 4.87. The fourth-order valence-corrected chi connectivity index (χ4v) is 1.42. The van der Waals surface area contributed by atoms with Crippen LogP contribution in [0.4, 0.5) is 8.78 Å². The quantitative estimate of drug-likeness (QED) is 0.834. The minimum absolute atomic E-state index is 0.0241. The second kappa shape index (κ2) is 6.19. The summed E-state index contributed by atoms with van der Waals surface area (Å²) in [5.41, 5.74) is 0.0267. The zero-order chi connectivity index (χ0) is 12.0. The molecule has 0 aliphatic carbocycles. The third-order valence-electron chi connectivity index (χ3n) is 2.46. The van der Waals surface area contributed by atoms with Gasteiger partial charge in [0.05, 0.1) is 12.5 Å². The summed E-state index contributed by atoms with van der Waals surface area (Å²) in [4.78, 5) is 0. The third-order valence-corrected chi connectivity index (χ3v) is 2.46. The minimum atomic E-state index is -0.556. The van der Waals surface area contributed by atoms with Gasteiger partial charge in [-0.25, -0.2) is 8.78 Å². The van der Waals surface area contributed by atoms with Crippen molar-refractivity contribution in [2.75, 3.05) is 0 Å². The highest BCUT2D eigenvalue weighted by Gasteiger charge is 2.10. The summed E-state index contributed by atoms with van der Waals surface area (Å²) in [6.45, 7) is 2.03. The van der Waals surface area contributed by atoms with E-state index in [0.717, 1.165) is 6.42 Å². The van der Waals surface area contributed by atoms with Crippen LogP contribution >= 0.6 is 0 Å². The van der Waals surface area contributed by atoms with Crippen LogP contribution in [0, 0.1) is 23.0 Å². The highest BCUT2D eigenvalue weighted by Crippen LogP contribution is 2.12. The lowest BCUT2D eigenvalue weighted by atomic mass is 10.1.